The van der Waals surface area contributed by atoms with Crippen molar-refractivity contribution in [3.63, 3.8) is 0 Å². The molecule has 0 aromatic carbocycles. The molecule has 4 heteroatoms. The first-order chi connectivity index (χ1) is 12.6. The van der Waals surface area contributed by atoms with Gasteiger partial charge in [-0.2, -0.15) is 0 Å². The molecular weight excluding hydrogens is 320 g/mol. The Kier molecular flexibility index (Phi) is 4.66. The van der Waals surface area contributed by atoms with E-state index >= 15 is 0 Å². The fraction of sp³-hybridized carbons (Fsp3) is 0.455. The highest BCUT2D eigenvalue weighted by atomic mass is 15.1. The largest absolute Gasteiger partial charge is 0.383 e. The third kappa shape index (κ3) is 3.33. The van der Waals surface area contributed by atoms with Crippen molar-refractivity contribution in [1.29, 1.82) is 0 Å². The minimum atomic E-state index is 0.725. The molecule has 1 saturated carbocycles. The Morgan fingerprint density at radius 3 is 2.81 bits per heavy atom. The number of rotatable bonds is 5. The molecule has 0 atom stereocenters. The predicted octanol–water partition coefficient (Wildman–Crippen LogP) is 4.60. The van der Waals surface area contributed by atoms with Crippen LogP contribution in [-0.2, 0) is 0 Å². The molecule has 136 valence electrons. The van der Waals surface area contributed by atoms with Crippen molar-refractivity contribution in [2.24, 2.45) is 11.8 Å². The highest BCUT2D eigenvalue weighted by Crippen LogP contribution is 2.36. The summed E-state index contributed by atoms with van der Waals surface area (Å²) < 4.78 is 2.03. The number of fused-ring (bicyclic) bond motifs is 1. The summed E-state index contributed by atoms with van der Waals surface area (Å²) in [6, 6.07) is 2.07. The molecule has 2 aliphatic rings. The second-order valence-corrected chi connectivity index (χ2v) is 7.78. The lowest BCUT2D eigenvalue weighted by Crippen LogP contribution is -2.26. The van der Waals surface area contributed by atoms with Gasteiger partial charge in [0.25, 0.3) is 0 Å². The van der Waals surface area contributed by atoms with Crippen LogP contribution >= 0.6 is 0 Å². The zero-order valence-electron chi connectivity index (χ0n) is 15.8. The molecular formula is C22H28N4. The van der Waals surface area contributed by atoms with Gasteiger partial charge in [-0.1, -0.05) is 30.4 Å². The maximum absolute atomic E-state index is 4.65. The average Bonchev–Trinajstić information content (AvgIpc) is 3.30. The second kappa shape index (κ2) is 7.10. The van der Waals surface area contributed by atoms with Crippen molar-refractivity contribution in [3.8, 4) is 0 Å². The Hall–Kier alpha value is -2.36. The summed E-state index contributed by atoms with van der Waals surface area (Å²) in [4.78, 5) is 9.20. The van der Waals surface area contributed by atoms with Crippen molar-refractivity contribution < 1.29 is 0 Å². The van der Waals surface area contributed by atoms with E-state index in [0.717, 1.165) is 46.8 Å². The van der Waals surface area contributed by atoms with E-state index in [-0.39, 0.29) is 0 Å². The first kappa shape index (κ1) is 17.1. The van der Waals surface area contributed by atoms with Crippen LogP contribution < -0.4 is 5.32 Å². The molecule has 2 aromatic heterocycles. The fourth-order valence-electron chi connectivity index (χ4n) is 4.35. The number of imidazole rings is 1. The highest BCUT2D eigenvalue weighted by Gasteiger charge is 2.24. The SMILES string of the molecule is C=C(NCC1CCC(C2=CC=CC2)CC1)c1ncn2c(C)cc(C)nc12. The summed E-state index contributed by atoms with van der Waals surface area (Å²) >= 11 is 0. The number of aryl methyl sites for hydroxylation is 2. The standard InChI is InChI=1S/C22H28N4/c1-15-12-16(2)26-14-24-21(22(26)25-15)17(3)23-13-18-8-10-20(11-9-18)19-6-4-5-7-19/h4-6,12,14,18,20,23H,3,7-11,13H2,1-2H3. The number of hydrogen-bond donors (Lipinski definition) is 1. The lowest BCUT2D eigenvalue weighted by atomic mass is 9.78. The van der Waals surface area contributed by atoms with Gasteiger partial charge in [-0.3, -0.25) is 4.40 Å². The fourth-order valence-corrected chi connectivity index (χ4v) is 4.35. The molecule has 0 amide bonds. The summed E-state index contributed by atoms with van der Waals surface area (Å²) in [5, 5.41) is 3.53. The number of hydrogen-bond acceptors (Lipinski definition) is 3. The smallest absolute Gasteiger partial charge is 0.166 e. The van der Waals surface area contributed by atoms with Crippen LogP contribution in [0.2, 0.25) is 0 Å². The van der Waals surface area contributed by atoms with E-state index in [2.05, 4.69) is 53.1 Å². The number of allylic oxidation sites excluding steroid dienone is 4. The quantitative estimate of drug-likeness (QED) is 0.859. The molecule has 0 bridgehead atoms. The van der Waals surface area contributed by atoms with Gasteiger partial charge in [0.1, 0.15) is 12.0 Å². The summed E-state index contributed by atoms with van der Waals surface area (Å²) in [5.74, 6) is 1.53. The number of nitrogens with zero attached hydrogens (tertiary/aromatic N) is 3. The molecule has 1 N–H and O–H groups in total. The summed E-state index contributed by atoms with van der Waals surface area (Å²) in [6.45, 7) is 9.31. The molecule has 2 aromatic rings. The van der Waals surface area contributed by atoms with Crippen molar-refractivity contribution >= 4 is 11.3 Å². The van der Waals surface area contributed by atoms with Crippen LogP contribution in [0.4, 0.5) is 0 Å². The van der Waals surface area contributed by atoms with E-state index in [1.54, 1.807) is 5.57 Å². The molecule has 0 aliphatic heterocycles. The molecule has 2 aliphatic carbocycles. The lowest BCUT2D eigenvalue weighted by Gasteiger charge is -2.30. The van der Waals surface area contributed by atoms with Crippen LogP contribution in [0.25, 0.3) is 11.3 Å². The van der Waals surface area contributed by atoms with E-state index in [1.165, 1.54) is 32.1 Å². The Labute approximate surface area is 155 Å². The van der Waals surface area contributed by atoms with E-state index < -0.39 is 0 Å². The zero-order chi connectivity index (χ0) is 18.1. The molecule has 2 heterocycles. The lowest BCUT2D eigenvalue weighted by molar-refractivity contribution is 0.298. The molecule has 4 rings (SSSR count). The first-order valence-corrected chi connectivity index (χ1v) is 9.72. The van der Waals surface area contributed by atoms with Gasteiger partial charge in [0.2, 0.25) is 0 Å². The van der Waals surface area contributed by atoms with Gasteiger partial charge < -0.3 is 5.32 Å². The molecule has 0 unspecified atom stereocenters. The van der Waals surface area contributed by atoms with Crippen LogP contribution in [0.5, 0.6) is 0 Å². The molecule has 26 heavy (non-hydrogen) atoms. The van der Waals surface area contributed by atoms with Crippen LogP contribution in [0.3, 0.4) is 0 Å². The van der Waals surface area contributed by atoms with Crippen molar-refractivity contribution in [1.82, 2.24) is 19.7 Å². The molecule has 4 nitrogen and oxygen atoms in total. The zero-order valence-corrected chi connectivity index (χ0v) is 15.8. The van der Waals surface area contributed by atoms with Crippen LogP contribution in [-0.4, -0.2) is 20.9 Å². The van der Waals surface area contributed by atoms with Gasteiger partial charge in [-0.25, -0.2) is 9.97 Å². The Bertz CT molecular complexity index is 879. The monoisotopic (exact) mass is 348 g/mol. The Morgan fingerprint density at radius 2 is 2.08 bits per heavy atom. The van der Waals surface area contributed by atoms with Gasteiger partial charge in [-0.15, -0.1) is 0 Å². The van der Waals surface area contributed by atoms with Crippen LogP contribution in [0, 0.1) is 25.7 Å². The Morgan fingerprint density at radius 1 is 1.27 bits per heavy atom. The Balaban J connectivity index is 1.35. The van der Waals surface area contributed by atoms with Gasteiger partial charge in [0.15, 0.2) is 5.65 Å². The van der Waals surface area contributed by atoms with E-state index in [4.69, 9.17) is 0 Å². The van der Waals surface area contributed by atoms with Gasteiger partial charge in [0, 0.05) is 17.9 Å². The van der Waals surface area contributed by atoms with Crippen molar-refractivity contribution in [2.75, 3.05) is 6.54 Å². The molecule has 0 spiro atoms. The number of aromatic nitrogens is 3. The minimum Gasteiger partial charge on any atom is -0.383 e. The normalized spacial score (nSPS) is 22.6. The van der Waals surface area contributed by atoms with Crippen LogP contribution in [0.15, 0.2) is 42.8 Å². The van der Waals surface area contributed by atoms with Crippen molar-refractivity contribution in [2.45, 2.75) is 46.0 Å². The van der Waals surface area contributed by atoms with E-state index in [9.17, 15) is 0 Å². The minimum absolute atomic E-state index is 0.725. The summed E-state index contributed by atoms with van der Waals surface area (Å²) in [7, 11) is 0. The second-order valence-electron chi connectivity index (χ2n) is 7.78. The average molecular weight is 348 g/mol. The van der Waals surface area contributed by atoms with E-state index in [0.29, 0.717) is 0 Å². The summed E-state index contributed by atoms with van der Waals surface area (Å²) in [6.07, 6.45) is 15.0. The molecule has 0 saturated heterocycles. The molecule has 0 radical (unpaired) electrons. The maximum atomic E-state index is 4.65. The number of nitrogens with one attached hydrogen (secondary N) is 1. The molecule has 1 fully saturated rings. The van der Waals surface area contributed by atoms with E-state index in [1.807, 2.05) is 17.7 Å². The van der Waals surface area contributed by atoms with Gasteiger partial charge in [-0.05, 0) is 63.9 Å². The highest BCUT2D eigenvalue weighted by molar-refractivity contribution is 5.70. The van der Waals surface area contributed by atoms with Crippen molar-refractivity contribution in [3.05, 3.63) is 59.9 Å². The van der Waals surface area contributed by atoms with Gasteiger partial charge >= 0.3 is 0 Å². The third-order valence-corrected chi connectivity index (χ3v) is 5.88. The third-order valence-electron chi connectivity index (χ3n) is 5.88. The maximum Gasteiger partial charge on any atom is 0.166 e. The topological polar surface area (TPSA) is 42.2 Å². The summed E-state index contributed by atoms with van der Waals surface area (Å²) in [5.41, 5.74) is 6.45. The van der Waals surface area contributed by atoms with Gasteiger partial charge in [0.05, 0.1) is 5.70 Å². The predicted molar refractivity (Wildman–Crippen MR) is 107 cm³/mol. The first-order valence-electron chi connectivity index (χ1n) is 9.72. The van der Waals surface area contributed by atoms with Crippen LogP contribution in [0.1, 0.15) is 49.2 Å².